The van der Waals surface area contributed by atoms with Gasteiger partial charge in [0.2, 0.25) is 0 Å². The van der Waals surface area contributed by atoms with E-state index in [0.29, 0.717) is 0 Å². The Bertz CT molecular complexity index is 280. The second-order valence-electron chi connectivity index (χ2n) is 3.34. The fourth-order valence-corrected chi connectivity index (χ4v) is 1.60. The van der Waals surface area contributed by atoms with Gasteiger partial charge in [0.15, 0.2) is 0 Å². The molecule has 0 bridgehead atoms. The van der Waals surface area contributed by atoms with Crippen molar-refractivity contribution < 1.29 is 4.74 Å². The maximum absolute atomic E-state index is 5.78. The van der Waals surface area contributed by atoms with Crippen molar-refractivity contribution >= 4 is 11.6 Å². The molecule has 1 aromatic carbocycles. The zero-order chi connectivity index (χ0) is 9.80. The minimum absolute atomic E-state index is 0.234. The standard InChI is InChI=1S/C11H13ClNO/c12-9-1-3-10(4-2-9)14-11-5-7-13-8-6-11/h1-5,11,13H,6-8H2. The predicted molar refractivity (Wildman–Crippen MR) is 57.7 cm³/mol. The van der Waals surface area contributed by atoms with Gasteiger partial charge in [-0.2, -0.15) is 0 Å². The molecule has 2 nitrogen and oxygen atoms in total. The molecule has 0 amide bonds. The monoisotopic (exact) mass is 210 g/mol. The van der Waals surface area contributed by atoms with Gasteiger partial charge in [-0.25, -0.2) is 0 Å². The quantitative estimate of drug-likeness (QED) is 0.809. The molecular weight excluding hydrogens is 198 g/mol. The highest BCUT2D eigenvalue weighted by Gasteiger charge is 2.14. The molecule has 0 aliphatic carbocycles. The van der Waals surface area contributed by atoms with Crippen LogP contribution in [0.4, 0.5) is 0 Å². The van der Waals surface area contributed by atoms with Crippen molar-refractivity contribution in [2.24, 2.45) is 0 Å². The van der Waals surface area contributed by atoms with Gasteiger partial charge in [-0.05, 0) is 37.2 Å². The lowest BCUT2D eigenvalue weighted by atomic mass is 10.1. The molecule has 1 aliphatic rings. The molecule has 1 aromatic rings. The smallest absolute Gasteiger partial charge is 0.119 e. The topological polar surface area (TPSA) is 21.3 Å². The SMILES string of the molecule is Clc1ccc(OC2[CH]CNCC2)cc1. The van der Waals surface area contributed by atoms with Crippen molar-refractivity contribution in [3.63, 3.8) is 0 Å². The van der Waals surface area contributed by atoms with Gasteiger partial charge in [-0.15, -0.1) is 0 Å². The average Bonchev–Trinajstić information content (AvgIpc) is 2.23. The van der Waals surface area contributed by atoms with Gasteiger partial charge in [-0.1, -0.05) is 11.6 Å². The Balaban J connectivity index is 1.92. The number of piperidine rings is 1. The lowest BCUT2D eigenvalue weighted by Gasteiger charge is -2.23. The van der Waals surface area contributed by atoms with Crippen LogP contribution in [0.2, 0.25) is 5.02 Å². The first-order valence-corrected chi connectivity index (χ1v) is 5.19. The van der Waals surface area contributed by atoms with Crippen LogP contribution < -0.4 is 10.1 Å². The van der Waals surface area contributed by atoms with Gasteiger partial charge in [-0.3, -0.25) is 0 Å². The van der Waals surface area contributed by atoms with E-state index in [9.17, 15) is 0 Å². The van der Waals surface area contributed by atoms with Gasteiger partial charge in [0.25, 0.3) is 0 Å². The van der Waals surface area contributed by atoms with E-state index in [1.54, 1.807) is 0 Å². The van der Waals surface area contributed by atoms with E-state index in [0.717, 1.165) is 30.3 Å². The predicted octanol–water partition coefficient (Wildman–Crippen LogP) is 2.28. The van der Waals surface area contributed by atoms with Crippen LogP contribution in [0.1, 0.15) is 6.42 Å². The Hall–Kier alpha value is -0.730. The minimum atomic E-state index is 0.234. The first kappa shape index (κ1) is 9.81. The second kappa shape index (κ2) is 4.67. The second-order valence-corrected chi connectivity index (χ2v) is 3.78. The summed E-state index contributed by atoms with van der Waals surface area (Å²) in [5.74, 6) is 0.887. The van der Waals surface area contributed by atoms with Crippen LogP contribution in [0.3, 0.4) is 0 Å². The van der Waals surface area contributed by atoms with E-state index < -0.39 is 0 Å². The molecule has 0 aromatic heterocycles. The van der Waals surface area contributed by atoms with Crippen molar-refractivity contribution in [2.45, 2.75) is 12.5 Å². The van der Waals surface area contributed by atoms with E-state index in [2.05, 4.69) is 11.7 Å². The van der Waals surface area contributed by atoms with Gasteiger partial charge >= 0.3 is 0 Å². The number of hydrogen-bond acceptors (Lipinski definition) is 2. The zero-order valence-corrected chi connectivity index (χ0v) is 8.63. The Morgan fingerprint density at radius 3 is 2.71 bits per heavy atom. The Kier molecular flexibility index (Phi) is 3.27. The van der Waals surface area contributed by atoms with Crippen molar-refractivity contribution in [1.29, 1.82) is 0 Å². The number of rotatable bonds is 2. The number of benzene rings is 1. The van der Waals surface area contributed by atoms with Crippen LogP contribution >= 0.6 is 11.6 Å². The van der Waals surface area contributed by atoms with Crippen LogP contribution in [-0.4, -0.2) is 19.2 Å². The summed E-state index contributed by atoms with van der Waals surface area (Å²) in [4.78, 5) is 0. The van der Waals surface area contributed by atoms with E-state index in [1.165, 1.54) is 0 Å². The van der Waals surface area contributed by atoms with Crippen LogP contribution in [-0.2, 0) is 0 Å². The highest BCUT2D eigenvalue weighted by molar-refractivity contribution is 6.30. The van der Waals surface area contributed by atoms with Crippen molar-refractivity contribution in [3.05, 3.63) is 35.7 Å². The summed E-state index contributed by atoms with van der Waals surface area (Å²) < 4.78 is 5.76. The number of halogens is 1. The molecule has 14 heavy (non-hydrogen) atoms. The summed E-state index contributed by atoms with van der Waals surface area (Å²) in [6.07, 6.45) is 3.42. The van der Waals surface area contributed by atoms with Gasteiger partial charge in [0, 0.05) is 18.0 Å². The van der Waals surface area contributed by atoms with Crippen molar-refractivity contribution in [3.8, 4) is 5.75 Å². The minimum Gasteiger partial charge on any atom is -0.490 e. The molecule has 1 fully saturated rings. The first-order chi connectivity index (χ1) is 6.84. The Morgan fingerprint density at radius 1 is 1.29 bits per heavy atom. The molecule has 0 spiro atoms. The first-order valence-electron chi connectivity index (χ1n) is 4.81. The van der Waals surface area contributed by atoms with E-state index >= 15 is 0 Å². The Labute approximate surface area is 89.2 Å². The molecular formula is C11H13ClNO. The molecule has 1 N–H and O–H groups in total. The van der Waals surface area contributed by atoms with E-state index in [-0.39, 0.29) is 6.10 Å². The third-order valence-electron chi connectivity index (χ3n) is 2.23. The van der Waals surface area contributed by atoms with Gasteiger partial charge < -0.3 is 10.1 Å². The molecule has 1 aliphatic heterocycles. The normalized spacial score (nSPS) is 18.1. The molecule has 1 atom stereocenters. The molecule has 75 valence electrons. The van der Waals surface area contributed by atoms with Crippen LogP contribution in [0.5, 0.6) is 5.75 Å². The number of nitrogens with one attached hydrogen (secondary N) is 1. The summed E-state index contributed by atoms with van der Waals surface area (Å²) >= 11 is 5.78. The third-order valence-corrected chi connectivity index (χ3v) is 2.48. The van der Waals surface area contributed by atoms with Gasteiger partial charge in [0.1, 0.15) is 11.9 Å². The molecule has 1 saturated heterocycles. The van der Waals surface area contributed by atoms with Crippen molar-refractivity contribution in [1.82, 2.24) is 5.32 Å². The molecule has 1 heterocycles. The number of hydrogen-bond donors (Lipinski definition) is 1. The summed E-state index contributed by atoms with van der Waals surface area (Å²) in [6.45, 7) is 1.95. The molecule has 3 heteroatoms. The van der Waals surface area contributed by atoms with E-state index in [4.69, 9.17) is 16.3 Å². The summed E-state index contributed by atoms with van der Waals surface area (Å²) in [5.41, 5.74) is 0. The molecule has 0 saturated carbocycles. The molecule has 1 unspecified atom stereocenters. The maximum Gasteiger partial charge on any atom is 0.119 e. The highest BCUT2D eigenvalue weighted by atomic mass is 35.5. The summed E-state index contributed by atoms with van der Waals surface area (Å²) in [6, 6.07) is 7.49. The van der Waals surface area contributed by atoms with Crippen LogP contribution in [0.25, 0.3) is 0 Å². The van der Waals surface area contributed by atoms with Crippen molar-refractivity contribution in [2.75, 3.05) is 13.1 Å². The average molecular weight is 211 g/mol. The van der Waals surface area contributed by atoms with Gasteiger partial charge in [0.05, 0.1) is 0 Å². The zero-order valence-electron chi connectivity index (χ0n) is 7.87. The van der Waals surface area contributed by atoms with Crippen LogP contribution in [0.15, 0.2) is 24.3 Å². The fourth-order valence-electron chi connectivity index (χ4n) is 1.47. The highest BCUT2D eigenvalue weighted by Crippen LogP contribution is 2.18. The molecule has 2 rings (SSSR count). The third kappa shape index (κ3) is 2.63. The lowest BCUT2D eigenvalue weighted by molar-refractivity contribution is 0.205. The summed E-state index contributed by atoms with van der Waals surface area (Å²) in [5, 5.41) is 4.00. The maximum atomic E-state index is 5.78. The largest absolute Gasteiger partial charge is 0.490 e. The lowest BCUT2D eigenvalue weighted by Crippen LogP contribution is -2.34. The summed E-state index contributed by atoms with van der Waals surface area (Å²) in [7, 11) is 0. The number of ether oxygens (including phenoxy) is 1. The van der Waals surface area contributed by atoms with Crippen LogP contribution in [0, 0.1) is 6.42 Å². The fraction of sp³-hybridized carbons (Fsp3) is 0.364. The van der Waals surface area contributed by atoms with E-state index in [1.807, 2.05) is 24.3 Å². The molecule has 1 radical (unpaired) electrons. The Morgan fingerprint density at radius 2 is 2.07 bits per heavy atom.